The number of hydrogen-bond donors (Lipinski definition) is 3. The molecule has 1 heterocycles. The van der Waals surface area contributed by atoms with Crippen LogP contribution in [-0.2, 0) is 14.4 Å². The molecule has 0 aliphatic carbocycles. The maximum absolute atomic E-state index is 12.9. The Bertz CT molecular complexity index is 1230. The summed E-state index contributed by atoms with van der Waals surface area (Å²) >= 11 is 0. The zero-order valence-electron chi connectivity index (χ0n) is 18.3. The van der Waals surface area contributed by atoms with E-state index in [1.807, 2.05) is 0 Å². The van der Waals surface area contributed by atoms with Crippen LogP contribution in [0.15, 0.2) is 47.3 Å². The van der Waals surface area contributed by atoms with Crippen LogP contribution in [0.4, 0.5) is 18.9 Å². The zero-order chi connectivity index (χ0) is 24.7. The van der Waals surface area contributed by atoms with Gasteiger partial charge in [-0.3, -0.25) is 9.59 Å². The molecule has 0 unspecified atom stereocenters. The van der Waals surface area contributed by atoms with Crippen molar-refractivity contribution >= 4 is 39.2 Å². The lowest BCUT2D eigenvalue weighted by Gasteiger charge is -2.22. The van der Waals surface area contributed by atoms with E-state index in [1.54, 1.807) is 24.3 Å². The van der Waals surface area contributed by atoms with Crippen LogP contribution in [0, 0.1) is 0 Å². The monoisotopic (exact) mass is 478 g/mol. The first-order chi connectivity index (χ1) is 16.2. The summed E-state index contributed by atoms with van der Waals surface area (Å²) in [7, 11) is 0. The molecule has 0 bridgehead atoms. The van der Waals surface area contributed by atoms with Gasteiger partial charge in [-0.25, -0.2) is 4.79 Å². The molecule has 0 aliphatic rings. The third-order valence-corrected chi connectivity index (χ3v) is 5.16. The second kappa shape index (κ2) is 11.1. The van der Waals surface area contributed by atoms with Crippen molar-refractivity contribution < 1.29 is 27.6 Å². The van der Waals surface area contributed by atoms with Crippen molar-refractivity contribution in [1.82, 2.24) is 10.3 Å². The average Bonchev–Trinajstić information content (AvgIpc) is 2.81. The minimum Gasteiger partial charge on any atom is -0.330 e. The van der Waals surface area contributed by atoms with Crippen LogP contribution in [0.5, 0.6) is 0 Å². The first-order valence-electron chi connectivity index (χ1n) is 10.8. The molecule has 1 amide bonds. The van der Waals surface area contributed by atoms with Gasteiger partial charge in [0.25, 0.3) is 11.5 Å². The summed E-state index contributed by atoms with van der Waals surface area (Å²) in [6.45, 7) is 0.716. The molecule has 2 aromatic carbocycles. The molecular formula is C23H25F3N4O4. The van der Waals surface area contributed by atoms with Gasteiger partial charge in [0.15, 0.2) is 0 Å². The van der Waals surface area contributed by atoms with Crippen molar-refractivity contribution in [3.63, 3.8) is 0 Å². The van der Waals surface area contributed by atoms with Gasteiger partial charge in [0.1, 0.15) is 0 Å². The molecule has 34 heavy (non-hydrogen) atoms. The van der Waals surface area contributed by atoms with Gasteiger partial charge >= 0.3 is 12.1 Å². The number of halogens is 3. The van der Waals surface area contributed by atoms with Crippen LogP contribution in [0.2, 0.25) is 0 Å². The smallest absolute Gasteiger partial charge is 0.330 e. The van der Waals surface area contributed by atoms with Crippen molar-refractivity contribution in [3.8, 4) is 0 Å². The van der Waals surface area contributed by atoms with Gasteiger partial charge < -0.3 is 20.9 Å². The predicted molar refractivity (Wildman–Crippen MR) is 122 cm³/mol. The minimum absolute atomic E-state index is 0.0861. The van der Waals surface area contributed by atoms with Crippen LogP contribution >= 0.6 is 0 Å². The number of carbonyl (C=O) groups excluding carboxylic acids is 2. The number of pyridine rings is 1. The highest BCUT2D eigenvalue weighted by Gasteiger charge is 2.43. The molecule has 3 aromatic rings. The highest BCUT2D eigenvalue weighted by molar-refractivity contribution is 6.07. The first-order valence-corrected chi connectivity index (χ1v) is 10.8. The third-order valence-electron chi connectivity index (χ3n) is 5.16. The number of rotatable bonds is 9. The fraction of sp³-hybridized carbons (Fsp3) is 0.348. The van der Waals surface area contributed by atoms with Crippen molar-refractivity contribution in [2.24, 2.45) is 5.73 Å². The third kappa shape index (κ3) is 6.12. The number of aromatic amines is 1. The molecule has 8 nitrogen and oxygen atoms in total. The number of hydroxylamine groups is 1. The van der Waals surface area contributed by atoms with Crippen molar-refractivity contribution in [2.45, 2.75) is 31.9 Å². The second-order valence-corrected chi connectivity index (χ2v) is 7.67. The van der Waals surface area contributed by atoms with Gasteiger partial charge in [0.05, 0.1) is 12.2 Å². The Balaban J connectivity index is 1.87. The van der Waals surface area contributed by atoms with Gasteiger partial charge in [-0.15, -0.1) is 5.06 Å². The molecule has 1 aromatic heterocycles. The molecule has 0 saturated heterocycles. The van der Waals surface area contributed by atoms with Gasteiger partial charge in [-0.2, -0.15) is 13.2 Å². The Labute approximate surface area is 192 Å². The normalized spacial score (nSPS) is 11.6. The Morgan fingerprint density at radius 2 is 1.71 bits per heavy atom. The fourth-order valence-electron chi connectivity index (χ4n) is 3.49. The highest BCUT2D eigenvalue weighted by atomic mass is 19.4. The second-order valence-electron chi connectivity index (χ2n) is 7.67. The first kappa shape index (κ1) is 25.2. The number of benzene rings is 2. The molecule has 0 radical (unpaired) electrons. The lowest BCUT2D eigenvalue weighted by molar-refractivity contribution is -0.201. The molecule has 182 valence electrons. The van der Waals surface area contributed by atoms with E-state index in [0.29, 0.717) is 39.8 Å². The molecule has 11 heteroatoms. The Hall–Kier alpha value is -3.44. The van der Waals surface area contributed by atoms with E-state index in [9.17, 15) is 27.6 Å². The SMILES string of the molecule is NCCCCCCNCC(=O)N(OC(=O)C(F)(F)F)c1ccc2[nH]c(=O)c3ccccc3c2c1. The number of fused-ring (bicyclic) bond motifs is 3. The van der Waals surface area contributed by atoms with E-state index < -0.39 is 18.1 Å². The number of nitrogens with zero attached hydrogens (tertiary/aromatic N) is 1. The lowest BCUT2D eigenvalue weighted by atomic mass is 10.1. The van der Waals surface area contributed by atoms with Crippen LogP contribution < -0.4 is 21.7 Å². The number of nitrogens with two attached hydrogens (primary N) is 1. The van der Waals surface area contributed by atoms with E-state index in [-0.39, 0.29) is 17.8 Å². The molecule has 0 aliphatic heterocycles. The van der Waals surface area contributed by atoms with Crippen molar-refractivity contribution in [1.29, 1.82) is 0 Å². The molecule has 0 spiro atoms. The summed E-state index contributed by atoms with van der Waals surface area (Å²) in [5.74, 6) is -3.40. The topological polar surface area (TPSA) is 118 Å². The largest absolute Gasteiger partial charge is 0.493 e. The zero-order valence-corrected chi connectivity index (χ0v) is 18.3. The molecular weight excluding hydrogens is 453 g/mol. The Morgan fingerprint density at radius 3 is 2.41 bits per heavy atom. The number of H-pyrrole nitrogens is 1. The summed E-state index contributed by atoms with van der Waals surface area (Å²) in [4.78, 5) is 43.7. The molecule has 0 atom stereocenters. The molecule has 0 fully saturated rings. The summed E-state index contributed by atoms with van der Waals surface area (Å²) in [5.41, 5.74) is 5.43. The maximum Gasteiger partial charge on any atom is 0.493 e. The number of unbranched alkanes of at least 4 members (excludes halogenated alkanes) is 3. The molecule has 4 N–H and O–H groups in total. The number of amides is 1. The summed E-state index contributed by atoms with van der Waals surface area (Å²) in [6.07, 6.45) is -1.81. The van der Waals surface area contributed by atoms with Gasteiger partial charge in [0.2, 0.25) is 0 Å². The number of carbonyl (C=O) groups is 2. The molecule has 0 saturated carbocycles. The molecule has 3 rings (SSSR count). The standard InChI is InChI=1S/C23H25F3N4O4/c24-23(25,26)22(33)34-30(20(31)14-28-12-6-2-1-5-11-27)15-9-10-19-18(13-15)16-7-3-4-8-17(16)21(32)29-19/h3-4,7-10,13,28H,1-2,5-6,11-12,14,27H2,(H,29,32). The average molecular weight is 478 g/mol. The number of nitrogens with one attached hydrogen (secondary N) is 2. The van der Waals surface area contributed by atoms with Crippen LogP contribution in [0.1, 0.15) is 25.7 Å². The Kier molecular flexibility index (Phi) is 8.24. The summed E-state index contributed by atoms with van der Waals surface area (Å²) in [5, 5.41) is 4.56. The number of alkyl halides is 3. The van der Waals surface area contributed by atoms with Crippen LogP contribution in [0.3, 0.4) is 0 Å². The maximum atomic E-state index is 12.9. The Morgan fingerprint density at radius 1 is 1.00 bits per heavy atom. The van der Waals surface area contributed by atoms with E-state index in [1.165, 1.54) is 18.2 Å². The number of aromatic nitrogens is 1. The quantitative estimate of drug-likeness (QED) is 0.247. The van der Waals surface area contributed by atoms with E-state index in [4.69, 9.17) is 5.73 Å². The van der Waals surface area contributed by atoms with Crippen molar-refractivity contribution in [2.75, 3.05) is 24.7 Å². The van der Waals surface area contributed by atoms with E-state index in [0.717, 1.165) is 25.7 Å². The van der Waals surface area contributed by atoms with E-state index in [2.05, 4.69) is 15.1 Å². The van der Waals surface area contributed by atoms with Crippen LogP contribution in [-0.4, -0.2) is 42.7 Å². The number of anilines is 1. The van der Waals surface area contributed by atoms with Gasteiger partial charge in [-0.1, -0.05) is 31.0 Å². The summed E-state index contributed by atoms with van der Waals surface area (Å²) in [6, 6.07) is 10.8. The van der Waals surface area contributed by atoms with Crippen molar-refractivity contribution in [3.05, 3.63) is 52.8 Å². The fourth-order valence-corrected chi connectivity index (χ4v) is 3.49. The van der Waals surface area contributed by atoms with Gasteiger partial charge in [-0.05, 0) is 55.6 Å². The van der Waals surface area contributed by atoms with Crippen LogP contribution in [0.25, 0.3) is 21.7 Å². The minimum atomic E-state index is -5.29. The highest BCUT2D eigenvalue weighted by Crippen LogP contribution is 2.27. The van der Waals surface area contributed by atoms with Gasteiger partial charge in [0, 0.05) is 16.3 Å². The van der Waals surface area contributed by atoms with E-state index >= 15 is 0 Å². The summed E-state index contributed by atoms with van der Waals surface area (Å²) < 4.78 is 38.6. The predicted octanol–water partition coefficient (Wildman–Crippen LogP) is 3.14. The lowest BCUT2D eigenvalue weighted by Crippen LogP contribution is -2.43. The number of hydrogen-bond acceptors (Lipinski definition) is 6.